The van der Waals surface area contributed by atoms with Gasteiger partial charge in [-0.3, -0.25) is 14.3 Å². The van der Waals surface area contributed by atoms with Crippen LogP contribution < -0.4 is 11.2 Å². The third-order valence-corrected chi connectivity index (χ3v) is 6.19. The Labute approximate surface area is 182 Å². The number of esters is 1. The predicted molar refractivity (Wildman–Crippen MR) is 120 cm³/mol. The summed E-state index contributed by atoms with van der Waals surface area (Å²) in [6.07, 6.45) is 0.726. The zero-order chi connectivity index (χ0) is 22.8. The number of carbonyl (C=O) groups excluding carboxylic acids is 1. The van der Waals surface area contributed by atoms with Crippen LogP contribution in [0.4, 0.5) is 0 Å². The summed E-state index contributed by atoms with van der Waals surface area (Å²) in [5.74, 6) is 2.38. The summed E-state index contributed by atoms with van der Waals surface area (Å²) < 4.78 is 13.6. The fraction of sp³-hybridized carbons (Fsp3) is 0.435. The smallest absolute Gasteiger partial charge is 0.339 e. The van der Waals surface area contributed by atoms with Gasteiger partial charge in [-0.1, -0.05) is 57.6 Å². The molecule has 0 unspecified atom stereocenters. The lowest BCUT2D eigenvalue weighted by molar-refractivity contribution is -0.0792. The minimum atomic E-state index is -1.87. The molecule has 2 heterocycles. The SMILES string of the molecule is CC[C@H]1O[C@@H](n2ccc(=O)[nH]c2=O)[C@](C#C[Si](C)(C)C)(OC(=O)c2ccccc2)[C@@H]1C. The Hall–Kier alpha value is -2.89. The van der Waals surface area contributed by atoms with Crippen LogP contribution in [0.3, 0.4) is 0 Å². The molecule has 3 rings (SSSR count). The number of hydrogen-bond acceptors (Lipinski definition) is 5. The zero-order valence-corrected chi connectivity index (χ0v) is 19.5. The number of nitrogens with one attached hydrogen (secondary N) is 1. The Balaban J connectivity index is 2.20. The number of rotatable bonds is 4. The van der Waals surface area contributed by atoms with Gasteiger partial charge >= 0.3 is 11.7 Å². The van der Waals surface area contributed by atoms with Gasteiger partial charge in [-0.05, 0) is 18.6 Å². The van der Waals surface area contributed by atoms with Crippen molar-refractivity contribution in [2.24, 2.45) is 5.92 Å². The molecule has 1 aromatic heterocycles. The lowest BCUT2D eigenvalue weighted by Gasteiger charge is -2.33. The Morgan fingerprint density at radius 2 is 1.90 bits per heavy atom. The van der Waals surface area contributed by atoms with Crippen molar-refractivity contribution in [1.29, 1.82) is 0 Å². The van der Waals surface area contributed by atoms with Crippen molar-refractivity contribution in [2.75, 3.05) is 0 Å². The molecule has 0 amide bonds. The molecule has 1 aliphatic heterocycles. The first-order valence-corrected chi connectivity index (χ1v) is 13.9. The molecule has 0 aliphatic carbocycles. The van der Waals surface area contributed by atoms with Crippen LogP contribution in [0, 0.1) is 17.4 Å². The van der Waals surface area contributed by atoms with E-state index in [9.17, 15) is 14.4 Å². The molecule has 31 heavy (non-hydrogen) atoms. The molecule has 1 saturated heterocycles. The van der Waals surface area contributed by atoms with Gasteiger partial charge in [0, 0.05) is 18.2 Å². The highest BCUT2D eigenvalue weighted by Gasteiger charge is 2.58. The lowest BCUT2D eigenvalue weighted by Crippen LogP contribution is -2.48. The van der Waals surface area contributed by atoms with E-state index >= 15 is 0 Å². The molecular weight excluding hydrogens is 412 g/mol. The predicted octanol–water partition coefficient (Wildman–Crippen LogP) is 2.96. The fourth-order valence-electron chi connectivity index (χ4n) is 3.64. The molecule has 0 bridgehead atoms. The van der Waals surface area contributed by atoms with E-state index < -0.39 is 37.1 Å². The second-order valence-corrected chi connectivity index (χ2v) is 13.5. The summed E-state index contributed by atoms with van der Waals surface area (Å²) >= 11 is 0. The number of H-pyrrole nitrogens is 1. The standard InChI is InChI=1S/C23H28N2O5Si/c1-6-18-16(2)23(13-15-31(3,4)5,30-20(27)17-10-8-7-9-11-17)21(29-18)25-14-12-19(26)24-22(25)28/h7-12,14,16,18,21H,6H2,1-5H3,(H,24,26,28)/t16-,18-,21-,23-/m1/s1. The molecule has 0 radical (unpaired) electrons. The first-order valence-electron chi connectivity index (χ1n) is 10.4. The van der Waals surface area contributed by atoms with Gasteiger partial charge in [0.1, 0.15) is 8.07 Å². The quantitative estimate of drug-likeness (QED) is 0.448. The summed E-state index contributed by atoms with van der Waals surface area (Å²) in [6, 6.07) is 9.90. The first kappa shape index (κ1) is 22.8. The summed E-state index contributed by atoms with van der Waals surface area (Å²) in [5.41, 5.74) is 1.15. The zero-order valence-electron chi connectivity index (χ0n) is 18.5. The third kappa shape index (κ3) is 4.73. The molecule has 0 saturated carbocycles. The van der Waals surface area contributed by atoms with Gasteiger partial charge in [-0.2, -0.15) is 0 Å². The van der Waals surface area contributed by atoms with Gasteiger partial charge in [-0.15, -0.1) is 5.54 Å². The Morgan fingerprint density at radius 3 is 2.48 bits per heavy atom. The Bertz CT molecular complexity index is 1120. The van der Waals surface area contributed by atoms with Crippen molar-refractivity contribution >= 4 is 14.0 Å². The van der Waals surface area contributed by atoms with Crippen LogP contribution in [0.5, 0.6) is 0 Å². The highest BCUT2D eigenvalue weighted by Crippen LogP contribution is 2.46. The lowest BCUT2D eigenvalue weighted by atomic mass is 9.85. The second kappa shape index (κ2) is 8.69. The second-order valence-electron chi connectivity index (χ2n) is 8.79. The number of benzene rings is 1. The van der Waals surface area contributed by atoms with E-state index in [1.165, 1.54) is 16.8 Å². The normalized spacial score (nSPS) is 25.5. The van der Waals surface area contributed by atoms with Crippen LogP contribution in [0.1, 0.15) is 36.9 Å². The van der Waals surface area contributed by atoms with Crippen LogP contribution in [0.15, 0.2) is 52.2 Å². The molecule has 1 aromatic carbocycles. The number of hydrogen-bond donors (Lipinski definition) is 1. The topological polar surface area (TPSA) is 90.4 Å². The molecule has 0 spiro atoms. The number of carbonyl (C=O) groups is 1. The monoisotopic (exact) mass is 440 g/mol. The van der Waals surface area contributed by atoms with Crippen molar-refractivity contribution in [1.82, 2.24) is 9.55 Å². The summed E-state index contributed by atoms with van der Waals surface area (Å²) in [6.45, 7) is 10.2. The van der Waals surface area contributed by atoms with Crippen LogP contribution in [-0.2, 0) is 9.47 Å². The molecular formula is C23H28N2O5Si. The molecule has 164 valence electrons. The van der Waals surface area contributed by atoms with Crippen LogP contribution in [-0.4, -0.2) is 35.3 Å². The summed E-state index contributed by atoms with van der Waals surface area (Å²) in [4.78, 5) is 39.6. The number of aromatic amines is 1. The molecule has 1 N–H and O–H groups in total. The summed E-state index contributed by atoms with van der Waals surface area (Å²) in [7, 11) is -1.87. The first-order chi connectivity index (χ1) is 14.6. The van der Waals surface area contributed by atoms with Crippen molar-refractivity contribution in [2.45, 2.75) is 57.8 Å². The van der Waals surface area contributed by atoms with E-state index in [0.717, 1.165) is 0 Å². The van der Waals surface area contributed by atoms with Crippen molar-refractivity contribution in [3.8, 4) is 11.5 Å². The number of ether oxygens (including phenoxy) is 2. The van der Waals surface area contributed by atoms with Gasteiger partial charge in [0.05, 0.1) is 11.7 Å². The molecule has 8 heteroatoms. The van der Waals surface area contributed by atoms with Crippen LogP contribution in [0.25, 0.3) is 0 Å². The van der Waals surface area contributed by atoms with Crippen molar-refractivity contribution < 1.29 is 14.3 Å². The van der Waals surface area contributed by atoms with Crippen molar-refractivity contribution in [3.05, 3.63) is 69.0 Å². The highest BCUT2D eigenvalue weighted by atomic mass is 28.3. The maximum atomic E-state index is 13.1. The van der Waals surface area contributed by atoms with E-state index in [4.69, 9.17) is 9.47 Å². The van der Waals surface area contributed by atoms with E-state index in [1.807, 2.05) is 19.9 Å². The minimum Gasteiger partial charge on any atom is -0.437 e. The van der Waals surface area contributed by atoms with Crippen LogP contribution >= 0.6 is 0 Å². The molecule has 1 fully saturated rings. The van der Waals surface area contributed by atoms with E-state index in [2.05, 4.69) is 36.1 Å². The van der Waals surface area contributed by atoms with Gasteiger partial charge in [0.2, 0.25) is 5.60 Å². The largest absolute Gasteiger partial charge is 0.437 e. The third-order valence-electron chi connectivity index (χ3n) is 5.31. The van der Waals surface area contributed by atoms with E-state index in [-0.39, 0.29) is 12.0 Å². The maximum Gasteiger partial charge on any atom is 0.339 e. The van der Waals surface area contributed by atoms with Gasteiger partial charge in [0.15, 0.2) is 6.23 Å². The summed E-state index contributed by atoms with van der Waals surface area (Å²) in [5, 5.41) is 0. The van der Waals surface area contributed by atoms with Gasteiger partial charge < -0.3 is 9.47 Å². The van der Waals surface area contributed by atoms with Crippen molar-refractivity contribution in [3.63, 3.8) is 0 Å². The van der Waals surface area contributed by atoms with Crippen LogP contribution in [0.2, 0.25) is 19.6 Å². The minimum absolute atomic E-state index is 0.289. The average Bonchev–Trinajstić information content (AvgIpc) is 2.98. The number of nitrogens with zero attached hydrogens (tertiary/aromatic N) is 1. The molecule has 1 aliphatic rings. The Morgan fingerprint density at radius 1 is 1.23 bits per heavy atom. The Kier molecular flexibility index (Phi) is 6.39. The number of aromatic nitrogens is 2. The molecule has 7 nitrogen and oxygen atoms in total. The molecule has 4 atom stereocenters. The highest BCUT2D eigenvalue weighted by molar-refractivity contribution is 6.83. The fourth-order valence-corrected chi connectivity index (χ4v) is 4.21. The van der Waals surface area contributed by atoms with E-state index in [1.54, 1.807) is 24.3 Å². The van der Waals surface area contributed by atoms with E-state index in [0.29, 0.717) is 12.0 Å². The molecule has 2 aromatic rings. The van der Waals surface area contributed by atoms with Gasteiger partial charge in [0.25, 0.3) is 5.56 Å². The maximum absolute atomic E-state index is 13.1. The van der Waals surface area contributed by atoms with Gasteiger partial charge in [-0.25, -0.2) is 9.59 Å². The average molecular weight is 441 g/mol.